The molecule has 0 bridgehead atoms. The van der Waals surface area contributed by atoms with E-state index >= 15 is 0 Å². The molecule has 0 aliphatic carbocycles. The Labute approximate surface area is 127 Å². The molecule has 0 spiro atoms. The van der Waals surface area contributed by atoms with Crippen molar-refractivity contribution in [2.75, 3.05) is 19.6 Å². The van der Waals surface area contributed by atoms with E-state index < -0.39 is 0 Å². The van der Waals surface area contributed by atoms with E-state index in [0.29, 0.717) is 12.3 Å². The molecule has 0 saturated carbocycles. The van der Waals surface area contributed by atoms with E-state index in [9.17, 15) is 4.79 Å². The van der Waals surface area contributed by atoms with Gasteiger partial charge in [0.25, 0.3) is 0 Å². The average molecular weight is 345 g/mol. The van der Waals surface area contributed by atoms with Crippen molar-refractivity contribution in [1.82, 2.24) is 10.6 Å². The maximum Gasteiger partial charge on any atom is 0.220 e. The van der Waals surface area contributed by atoms with Crippen LogP contribution in [-0.2, 0) is 11.2 Å². The monoisotopic (exact) mass is 344 g/mol. The lowest BCUT2D eigenvalue weighted by Crippen LogP contribution is -2.38. The van der Waals surface area contributed by atoms with Gasteiger partial charge in [-0.25, -0.2) is 0 Å². The Balaban J connectivity index is 1.56. The Hall–Kier alpha value is -0.390. The molecule has 1 aromatic heterocycles. The number of hydrogen-bond donors (Lipinski definition) is 2. The Morgan fingerprint density at radius 2 is 2.42 bits per heavy atom. The van der Waals surface area contributed by atoms with E-state index in [2.05, 4.69) is 38.7 Å². The fraction of sp³-hybridized carbons (Fsp3) is 0.643. The molecule has 5 heteroatoms. The molecule has 2 rings (SSSR count). The quantitative estimate of drug-likeness (QED) is 0.832. The molecule has 19 heavy (non-hydrogen) atoms. The summed E-state index contributed by atoms with van der Waals surface area (Å²) in [7, 11) is 0. The first-order valence-corrected chi connectivity index (χ1v) is 8.56. The third kappa shape index (κ3) is 5.63. The summed E-state index contributed by atoms with van der Waals surface area (Å²) in [5.41, 5.74) is 0. The van der Waals surface area contributed by atoms with Crippen LogP contribution in [0.4, 0.5) is 0 Å². The van der Waals surface area contributed by atoms with E-state index in [1.54, 1.807) is 11.3 Å². The zero-order valence-electron chi connectivity index (χ0n) is 11.1. The summed E-state index contributed by atoms with van der Waals surface area (Å²) in [6.07, 6.45) is 5.02. The van der Waals surface area contributed by atoms with Crippen LogP contribution in [0.1, 0.15) is 30.6 Å². The van der Waals surface area contributed by atoms with Gasteiger partial charge in [-0.05, 0) is 72.8 Å². The standard InChI is InChI=1S/C14H21BrN2OS/c15-13-7-6-12(19-13)4-1-5-14(18)17-10-11-3-2-8-16-9-11/h6-7,11,16H,1-5,8-10H2,(H,17,18). The molecule has 2 heterocycles. The zero-order valence-corrected chi connectivity index (χ0v) is 13.5. The number of carbonyl (C=O) groups is 1. The van der Waals surface area contributed by atoms with Crippen LogP contribution in [0.25, 0.3) is 0 Å². The molecule has 1 aliphatic heterocycles. The molecule has 1 unspecified atom stereocenters. The van der Waals surface area contributed by atoms with Gasteiger partial charge < -0.3 is 10.6 Å². The minimum absolute atomic E-state index is 0.196. The number of nitrogens with one attached hydrogen (secondary N) is 2. The molecule has 1 saturated heterocycles. The lowest BCUT2D eigenvalue weighted by molar-refractivity contribution is -0.121. The Kier molecular flexibility index (Phi) is 6.34. The van der Waals surface area contributed by atoms with Gasteiger partial charge in [-0.3, -0.25) is 4.79 Å². The fourth-order valence-electron chi connectivity index (χ4n) is 2.35. The Morgan fingerprint density at radius 1 is 1.53 bits per heavy atom. The summed E-state index contributed by atoms with van der Waals surface area (Å²) in [5.74, 6) is 0.812. The van der Waals surface area contributed by atoms with Crippen LogP contribution in [0.15, 0.2) is 15.9 Å². The second-order valence-electron chi connectivity index (χ2n) is 5.08. The number of rotatable bonds is 6. The Bertz CT molecular complexity index is 402. The predicted molar refractivity (Wildman–Crippen MR) is 83.6 cm³/mol. The second-order valence-corrected chi connectivity index (χ2v) is 7.62. The number of hydrogen-bond acceptors (Lipinski definition) is 3. The van der Waals surface area contributed by atoms with Gasteiger partial charge in [-0.1, -0.05) is 0 Å². The van der Waals surface area contributed by atoms with Crippen LogP contribution < -0.4 is 10.6 Å². The molecule has 0 aromatic carbocycles. The van der Waals surface area contributed by atoms with Gasteiger partial charge in [-0.2, -0.15) is 0 Å². The summed E-state index contributed by atoms with van der Waals surface area (Å²) < 4.78 is 1.16. The number of thiophene rings is 1. The number of aryl methyl sites for hydroxylation is 1. The molecule has 0 radical (unpaired) electrons. The number of amides is 1. The smallest absolute Gasteiger partial charge is 0.220 e. The van der Waals surface area contributed by atoms with Crippen LogP contribution >= 0.6 is 27.3 Å². The van der Waals surface area contributed by atoms with Crippen LogP contribution in [0.3, 0.4) is 0 Å². The highest BCUT2D eigenvalue weighted by Crippen LogP contribution is 2.23. The van der Waals surface area contributed by atoms with Gasteiger partial charge in [-0.15, -0.1) is 11.3 Å². The summed E-state index contributed by atoms with van der Waals surface area (Å²) in [5, 5.41) is 6.43. The topological polar surface area (TPSA) is 41.1 Å². The summed E-state index contributed by atoms with van der Waals surface area (Å²) in [4.78, 5) is 13.1. The number of piperidine rings is 1. The molecule has 1 fully saturated rings. The van der Waals surface area contributed by atoms with Crippen molar-refractivity contribution in [2.45, 2.75) is 32.1 Å². The third-order valence-electron chi connectivity index (χ3n) is 3.44. The summed E-state index contributed by atoms with van der Waals surface area (Å²) in [6.45, 7) is 3.00. The van der Waals surface area contributed by atoms with Gasteiger partial charge >= 0.3 is 0 Å². The number of halogens is 1. The normalized spacial score (nSPS) is 19.3. The lowest BCUT2D eigenvalue weighted by atomic mass is 10.00. The van der Waals surface area contributed by atoms with Gasteiger partial charge in [0.05, 0.1) is 3.79 Å². The highest BCUT2D eigenvalue weighted by molar-refractivity contribution is 9.11. The fourth-order valence-corrected chi connectivity index (χ4v) is 3.88. The van der Waals surface area contributed by atoms with Gasteiger partial charge in [0.1, 0.15) is 0 Å². The van der Waals surface area contributed by atoms with Crippen molar-refractivity contribution in [2.24, 2.45) is 5.92 Å². The van der Waals surface area contributed by atoms with E-state index in [4.69, 9.17) is 0 Å². The summed E-state index contributed by atoms with van der Waals surface area (Å²) >= 11 is 5.21. The molecule has 3 nitrogen and oxygen atoms in total. The largest absolute Gasteiger partial charge is 0.356 e. The van der Waals surface area contributed by atoms with Gasteiger partial charge in [0, 0.05) is 17.8 Å². The van der Waals surface area contributed by atoms with Gasteiger partial charge in [0.2, 0.25) is 5.91 Å². The molecule has 2 N–H and O–H groups in total. The maximum atomic E-state index is 11.7. The first kappa shape index (κ1) is 15.0. The number of carbonyl (C=O) groups excluding carboxylic acids is 1. The highest BCUT2D eigenvalue weighted by Gasteiger charge is 2.13. The van der Waals surface area contributed by atoms with E-state index in [0.717, 1.165) is 36.3 Å². The van der Waals surface area contributed by atoms with Crippen molar-refractivity contribution in [3.05, 3.63) is 20.8 Å². The van der Waals surface area contributed by atoms with Crippen LogP contribution in [0.5, 0.6) is 0 Å². The minimum Gasteiger partial charge on any atom is -0.356 e. The van der Waals surface area contributed by atoms with Crippen molar-refractivity contribution in [3.63, 3.8) is 0 Å². The first-order chi connectivity index (χ1) is 9.24. The van der Waals surface area contributed by atoms with Crippen LogP contribution in [-0.4, -0.2) is 25.5 Å². The molecular weight excluding hydrogens is 324 g/mol. The van der Waals surface area contributed by atoms with Crippen LogP contribution in [0.2, 0.25) is 0 Å². The molecule has 106 valence electrons. The Morgan fingerprint density at radius 3 is 3.11 bits per heavy atom. The molecule has 1 aromatic rings. The lowest BCUT2D eigenvalue weighted by Gasteiger charge is -2.22. The highest BCUT2D eigenvalue weighted by atomic mass is 79.9. The SMILES string of the molecule is O=C(CCCc1ccc(Br)s1)NCC1CCCNC1. The zero-order chi connectivity index (χ0) is 13.5. The van der Waals surface area contributed by atoms with Crippen molar-refractivity contribution in [1.29, 1.82) is 0 Å². The third-order valence-corrected chi connectivity index (χ3v) is 5.13. The van der Waals surface area contributed by atoms with Crippen molar-refractivity contribution < 1.29 is 4.79 Å². The van der Waals surface area contributed by atoms with Crippen molar-refractivity contribution >= 4 is 33.2 Å². The van der Waals surface area contributed by atoms with Crippen LogP contribution in [0, 0.1) is 5.92 Å². The predicted octanol–water partition coefficient (Wildman–Crippen LogP) is 2.95. The molecular formula is C14H21BrN2OS. The van der Waals surface area contributed by atoms with Gasteiger partial charge in [0.15, 0.2) is 0 Å². The molecule has 1 amide bonds. The summed E-state index contributed by atoms with van der Waals surface area (Å²) in [6, 6.07) is 4.19. The minimum atomic E-state index is 0.196. The van der Waals surface area contributed by atoms with E-state index in [1.807, 2.05) is 0 Å². The van der Waals surface area contributed by atoms with E-state index in [-0.39, 0.29) is 5.91 Å². The van der Waals surface area contributed by atoms with E-state index in [1.165, 1.54) is 17.7 Å². The molecule has 1 atom stereocenters. The average Bonchev–Trinajstić information content (AvgIpc) is 2.83. The second kappa shape index (κ2) is 8.02. The maximum absolute atomic E-state index is 11.7. The first-order valence-electron chi connectivity index (χ1n) is 6.95. The van der Waals surface area contributed by atoms with Crippen molar-refractivity contribution in [3.8, 4) is 0 Å². The molecule has 1 aliphatic rings.